The van der Waals surface area contributed by atoms with E-state index in [-0.39, 0.29) is 28.2 Å². The van der Waals surface area contributed by atoms with Gasteiger partial charge in [-0.05, 0) is 44.1 Å². The van der Waals surface area contributed by atoms with E-state index in [1.807, 2.05) is 0 Å². The van der Waals surface area contributed by atoms with E-state index in [0.29, 0.717) is 18.9 Å². The van der Waals surface area contributed by atoms with Crippen molar-refractivity contribution in [3.63, 3.8) is 0 Å². The third-order valence-corrected chi connectivity index (χ3v) is 4.96. The Morgan fingerprint density at radius 1 is 1.12 bits per heavy atom. The van der Waals surface area contributed by atoms with Crippen LogP contribution in [0.25, 0.3) is 0 Å². The van der Waals surface area contributed by atoms with Gasteiger partial charge in [-0.3, -0.25) is 9.59 Å². The summed E-state index contributed by atoms with van der Waals surface area (Å²) >= 11 is 0. The maximum absolute atomic E-state index is 12.7. The van der Waals surface area contributed by atoms with Crippen molar-refractivity contribution in [1.29, 1.82) is 0 Å². The van der Waals surface area contributed by atoms with Gasteiger partial charge in [0.15, 0.2) is 5.78 Å². The van der Waals surface area contributed by atoms with Gasteiger partial charge < -0.3 is 30.5 Å². The molecule has 5 N–H and O–H groups in total. The predicted octanol–water partition coefficient (Wildman–Crippen LogP) is 2.96. The third kappa shape index (κ3) is 8.25. The molecule has 1 atom stereocenters. The first kappa shape index (κ1) is 26.4. The Morgan fingerprint density at radius 2 is 1.85 bits per heavy atom. The van der Waals surface area contributed by atoms with Crippen LogP contribution in [0.5, 0.6) is 11.5 Å². The summed E-state index contributed by atoms with van der Waals surface area (Å²) in [5.41, 5.74) is -0.0636. The van der Waals surface area contributed by atoms with Crippen LogP contribution >= 0.6 is 0 Å². The number of phenolic OH excluding ortho intramolecular Hbond substituents is 1. The molecule has 9 nitrogen and oxygen atoms in total. The molecule has 34 heavy (non-hydrogen) atoms. The normalized spacial score (nSPS) is 15.7. The van der Waals surface area contributed by atoms with Crippen molar-refractivity contribution in [2.24, 2.45) is 0 Å². The number of carbonyl (C=O) groups excluding carboxylic acids is 2. The van der Waals surface area contributed by atoms with Crippen LogP contribution in [0.15, 0.2) is 65.5 Å². The van der Waals surface area contributed by atoms with Gasteiger partial charge in [0.25, 0.3) is 0 Å². The summed E-state index contributed by atoms with van der Waals surface area (Å²) in [5.74, 6) is -2.40. The highest BCUT2D eigenvalue weighted by Gasteiger charge is 2.21. The number of amides is 1. The number of aliphatic carboxylic acids is 1. The molecule has 1 aromatic carbocycles. The van der Waals surface area contributed by atoms with E-state index in [1.165, 1.54) is 37.3 Å². The number of carbonyl (C=O) groups is 3. The first-order chi connectivity index (χ1) is 16.2. The second kappa shape index (κ2) is 13.0. The van der Waals surface area contributed by atoms with Crippen LogP contribution in [-0.2, 0) is 9.59 Å². The lowest BCUT2D eigenvalue weighted by Gasteiger charge is -2.10. The Morgan fingerprint density at radius 3 is 2.56 bits per heavy atom. The molecule has 0 aromatic heterocycles. The minimum absolute atomic E-state index is 0.00113. The quantitative estimate of drug-likeness (QED) is 0.177. The molecule has 0 aliphatic heterocycles. The Hall–Kier alpha value is -3.85. The topological polar surface area (TPSA) is 153 Å². The summed E-state index contributed by atoms with van der Waals surface area (Å²) in [4.78, 5) is 34.9. The number of Topliss-reactive ketones (excluding diaryl/α,β-unsaturated/α-hetero) is 1. The fourth-order valence-corrected chi connectivity index (χ4v) is 3.08. The number of hydrogen-bond acceptors (Lipinski definition) is 7. The van der Waals surface area contributed by atoms with Crippen LogP contribution in [0.4, 0.5) is 0 Å². The summed E-state index contributed by atoms with van der Waals surface area (Å²) in [7, 11) is 0. The summed E-state index contributed by atoms with van der Waals surface area (Å²) in [6.07, 6.45) is 8.59. The zero-order valence-corrected chi connectivity index (χ0v) is 18.9. The number of carboxylic acid groups (broad SMARTS) is 1. The van der Waals surface area contributed by atoms with Gasteiger partial charge in [-0.25, -0.2) is 4.79 Å². The average molecular weight is 472 g/mol. The summed E-state index contributed by atoms with van der Waals surface area (Å²) in [6, 6.07) is 4.30. The molecule has 1 amide bonds. The molecule has 0 saturated heterocycles. The van der Waals surface area contributed by atoms with Crippen molar-refractivity contribution in [3.8, 4) is 11.5 Å². The Bertz CT molecular complexity index is 1040. The first-order valence-electron chi connectivity index (χ1n) is 10.9. The van der Waals surface area contributed by atoms with Crippen molar-refractivity contribution in [2.45, 2.75) is 38.7 Å². The van der Waals surface area contributed by atoms with E-state index in [4.69, 9.17) is 9.84 Å². The van der Waals surface area contributed by atoms with Gasteiger partial charge in [-0.2, -0.15) is 0 Å². The molecular weight excluding hydrogens is 442 g/mol. The highest BCUT2D eigenvalue weighted by molar-refractivity contribution is 6.13. The lowest BCUT2D eigenvalue weighted by atomic mass is 10.0. The van der Waals surface area contributed by atoms with Gasteiger partial charge >= 0.3 is 5.97 Å². The number of nitrogens with one attached hydrogen (secondary N) is 1. The number of hydrogen-bond donors (Lipinski definition) is 5. The predicted molar refractivity (Wildman–Crippen MR) is 125 cm³/mol. The van der Waals surface area contributed by atoms with Crippen LogP contribution < -0.4 is 10.1 Å². The highest BCUT2D eigenvalue weighted by atomic mass is 16.5. The molecule has 1 aliphatic carbocycles. The van der Waals surface area contributed by atoms with Gasteiger partial charge in [-0.1, -0.05) is 25.0 Å². The van der Waals surface area contributed by atoms with Crippen molar-refractivity contribution < 1.29 is 39.5 Å². The SMILES string of the molecule is C/C(=C\C(=O)NCCCCCCOc1ccc(C(=O)C2=CC=CC(O)C=C2O)c(O)c1)C(=O)O. The van der Waals surface area contributed by atoms with E-state index < -0.39 is 23.8 Å². The van der Waals surface area contributed by atoms with Crippen LogP contribution in [0.2, 0.25) is 0 Å². The molecular formula is C25H29NO8. The van der Waals surface area contributed by atoms with Crippen molar-refractivity contribution >= 4 is 17.7 Å². The number of carboxylic acids is 1. The molecule has 1 aliphatic rings. The highest BCUT2D eigenvalue weighted by Crippen LogP contribution is 2.28. The minimum Gasteiger partial charge on any atom is -0.507 e. The molecule has 182 valence electrons. The van der Waals surface area contributed by atoms with E-state index >= 15 is 0 Å². The van der Waals surface area contributed by atoms with Crippen molar-refractivity contribution in [1.82, 2.24) is 5.32 Å². The number of aromatic hydroxyl groups is 1. The number of unbranched alkanes of at least 4 members (excludes halogenated alkanes) is 3. The van der Waals surface area contributed by atoms with Crippen molar-refractivity contribution in [3.05, 3.63) is 71.0 Å². The Kier molecular flexibility index (Phi) is 10.1. The van der Waals surface area contributed by atoms with E-state index in [9.17, 15) is 29.7 Å². The molecule has 0 heterocycles. The van der Waals surface area contributed by atoms with Gasteiger partial charge in [0.2, 0.25) is 5.91 Å². The van der Waals surface area contributed by atoms with Crippen LogP contribution in [0.3, 0.4) is 0 Å². The Balaban J connectivity index is 1.73. The monoisotopic (exact) mass is 471 g/mol. The lowest BCUT2D eigenvalue weighted by Crippen LogP contribution is -2.23. The maximum Gasteiger partial charge on any atom is 0.331 e. The average Bonchev–Trinajstić information content (AvgIpc) is 2.94. The Labute approximate surface area is 197 Å². The van der Waals surface area contributed by atoms with Crippen LogP contribution in [0, 0.1) is 0 Å². The van der Waals surface area contributed by atoms with E-state index in [1.54, 1.807) is 6.07 Å². The number of benzene rings is 1. The first-order valence-corrected chi connectivity index (χ1v) is 10.9. The third-order valence-electron chi connectivity index (χ3n) is 4.96. The van der Waals surface area contributed by atoms with Gasteiger partial charge in [0, 0.05) is 24.3 Å². The minimum atomic E-state index is -1.13. The number of allylic oxidation sites excluding steroid dienone is 3. The van der Waals surface area contributed by atoms with Gasteiger partial charge in [0.1, 0.15) is 17.3 Å². The zero-order chi connectivity index (χ0) is 25.1. The van der Waals surface area contributed by atoms with Crippen LogP contribution in [-0.4, -0.2) is 57.3 Å². The molecule has 0 saturated carbocycles. The second-order valence-corrected chi connectivity index (χ2v) is 7.70. The summed E-state index contributed by atoms with van der Waals surface area (Å²) < 4.78 is 5.61. The lowest BCUT2D eigenvalue weighted by molar-refractivity contribution is -0.133. The number of rotatable bonds is 12. The fraction of sp³-hybridized carbons (Fsp3) is 0.320. The molecule has 0 radical (unpaired) electrons. The molecule has 0 fully saturated rings. The molecule has 1 unspecified atom stereocenters. The molecule has 9 heteroatoms. The van der Waals surface area contributed by atoms with Crippen LogP contribution in [0.1, 0.15) is 43.0 Å². The zero-order valence-electron chi connectivity index (χ0n) is 18.9. The van der Waals surface area contributed by atoms with Gasteiger partial charge in [-0.15, -0.1) is 0 Å². The number of ether oxygens (including phenoxy) is 1. The molecule has 1 aromatic rings. The number of aliphatic hydroxyl groups is 2. The number of aliphatic hydroxyl groups excluding tert-OH is 2. The number of ketones is 1. The summed E-state index contributed by atoms with van der Waals surface area (Å²) in [5, 5.41) is 41.2. The van der Waals surface area contributed by atoms with Gasteiger partial charge in [0.05, 0.1) is 23.8 Å². The smallest absolute Gasteiger partial charge is 0.331 e. The summed E-state index contributed by atoms with van der Waals surface area (Å²) in [6.45, 7) is 2.20. The molecule has 0 bridgehead atoms. The molecule has 2 rings (SSSR count). The standard InChI is InChI=1S/C25H29NO8/c1-16(25(32)33)13-23(30)26-11-4-2-3-5-12-34-18-9-10-20(22(29)15-18)24(31)19-8-6-7-17(27)14-21(19)28/h6-10,13-15,17,27-29H,2-5,11-12H2,1H3,(H,26,30)(H,32,33)/b16-13+. The largest absolute Gasteiger partial charge is 0.507 e. The van der Waals surface area contributed by atoms with Crippen molar-refractivity contribution in [2.75, 3.05) is 13.2 Å². The fourth-order valence-electron chi connectivity index (χ4n) is 3.08. The number of phenols is 1. The molecule has 0 spiro atoms. The second-order valence-electron chi connectivity index (χ2n) is 7.70. The van der Waals surface area contributed by atoms with E-state index in [2.05, 4.69) is 5.32 Å². The maximum atomic E-state index is 12.7. The van der Waals surface area contributed by atoms with E-state index in [0.717, 1.165) is 37.8 Å².